The highest BCUT2D eigenvalue weighted by Gasteiger charge is 2.16. The maximum atomic E-state index is 12.3. The van der Waals surface area contributed by atoms with Gasteiger partial charge in [-0.2, -0.15) is 0 Å². The maximum absolute atomic E-state index is 12.3. The maximum Gasteiger partial charge on any atom is 0.349 e. The molecule has 0 aliphatic heterocycles. The first-order chi connectivity index (χ1) is 12.1. The molecule has 128 valence electrons. The standard InChI is InChI=1S/C19H16BrNO4/c1-24-16-11-14(20)9-13-10-15(19(23)25-17(13)16)18(22)21-8-7-12-5-3-2-4-6-12/h2-6,9-11H,7-8H2,1H3,(H,21,22). The molecule has 1 aromatic heterocycles. The first-order valence-corrected chi connectivity index (χ1v) is 8.51. The molecule has 25 heavy (non-hydrogen) atoms. The lowest BCUT2D eigenvalue weighted by atomic mass is 10.1. The summed E-state index contributed by atoms with van der Waals surface area (Å²) in [5.74, 6) is -0.0250. The van der Waals surface area contributed by atoms with Crippen LogP contribution in [0.1, 0.15) is 15.9 Å². The van der Waals surface area contributed by atoms with Gasteiger partial charge in [0.25, 0.3) is 5.91 Å². The molecule has 0 aliphatic rings. The SMILES string of the molecule is COc1cc(Br)cc2cc(C(=O)NCCc3ccccc3)c(=O)oc12. The molecule has 3 aromatic rings. The van der Waals surface area contributed by atoms with E-state index in [2.05, 4.69) is 21.2 Å². The van der Waals surface area contributed by atoms with Crippen LogP contribution in [0.5, 0.6) is 5.75 Å². The molecule has 5 nitrogen and oxygen atoms in total. The summed E-state index contributed by atoms with van der Waals surface area (Å²) in [5.41, 5.74) is 0.713. The summed E-state index contributed by atoms with van der Waals surface area (Å²) in [6.07, 6.45) is 0.685. The minimum atomic E-state index is -0.690. The van der Waals surface area contributed by atoms with Crippen molar-refractivity contribution in [3.63, 3.8) is 0 Å². The molecule has 0 saturated heterocycles. The van der Waals surface area contributed by atoms with Crippen molar-refractivity contribution in [1.29, 1.82) is 0 Å². The van der Waals surface area contributed by atoms with E-state index >= 15 is 0 Å². The van der Waals surface area contributed by atoms with E-state index in [1.807, 2.05) is 30.3 Å². The number of rotatable bonds is 5. The molecule has 1 N–H and O–H groups in total. The van der Waals surface area contributed by atoms with Crippen LogP contribution in [-0.4, -0.2) is 19.6 Å². The number of methoxy groups -OCH3 is 1. The Hall–Kier alpha value is -2.60. The highest BCUT2D eigenvalue weighted by Crippen LogP contribution is 2.29. The Labute approximate surface area is 152 Å². The van der Waals surface area contributed by atoms with Crippen molar-refractivity contribution >= 4 is 32.8 Å². The second-order valence-electron chi connectivity index (χ2n) is 5.47. The monoisotopic (exact) mass is 401 g/mol. The second kappa shape index (κ2) is 7.53. The zero-order valence-corrected chi connectivity index (χ0v) is 15.1. The molecule has 0 spiro atoms. The lowest BCUT2D eigenvalue weighted by Gasteiger charge is -2.08. The molecule has 3 rings (SSSR count). The first kappa shape index (κ1) is 17.2. The molecule has 0 saturated carbocycles. The first-order valence-electron chi connectivity index (χ1n) is 7.72. The van der Waals surface area contributed by atoms with Crippen LogP contribution in [0.3, 0.4) is 0 Å². The van der Waals surface area contributed by atoms with Crippen LogP contribution in [0, 0.1) is 0 Å². The van der Waals surface area contributed by atoms with Crippen LogP contribution in [0.15, 0.2) is 62.2 Å². The second-order valence-corrected chi connectivity index (χ2v) is 6.38. The van der Waals surface area contributed by atoms with Crippen molar-refractivity contribution < 1.29 is 13.9 Å². The number of amides is 1. The van der Waals surface area contributed by atoms with Crippen molar-refractivity contribution in [3.8, 4) is 5.75 Å². The Balaban J connectivity index is 1.81. The predicted molar refractivity (Wildman–Crippen MR) is 99.2 cm³/mol. The van der Waals surface area contributed by atoms with E-state index in [9.17, 15) is 9.59 Å². The van der Waals surface area contributed by atoms with Crippen molar-refractivity contribution in [2.75, 3.05) is 13.7 Å². The summed E-state index contributed by atoms with van der Waals surface area (Å²) < 4.78 is 11.3. The Bertz CT molecular complexity index is 966. The third-order valence-electron chi connectivity index (χ3n) is 3.77. The highest BCUT2D eigenvalue weighted by molar-refractivity contribution is 9.10. The Morgan fingerprint density at radius 3 is 2.68 bits per heavy atom. The van der Waals surface area contributed by atoms with Gasteiger partial charge in [0.1, 0.15) is 5.56 Å². The van der Waals surface area contributed by atoms with Gasteiger partial charge in [0.2, 0.25) is 0 Å². The van der Waals surface area contributed by atoms with Crippen LogP contribution in [-0.2, 0) is 6.42 Å². The lowest BCUT2D eigenvalue weighted by molar-refractivity contribution is 0.0950. The van der Waals surface area contributed by atoms with Gasteiger partial charge in [-0.25, -0.2) is 4.79 Å². The van der Waals surface area contributed by atoms with Crippen LogP contribution in [0.2, 0.25) is 0 Å². The van der Waals surface area contributed by atoms with E-state index in [1.165, 1.54) is 13.2 Å². The number of hydrogen-bond acceptors (Lipinski definition) is 4. The Kier molecular flexibility index (Phi) is 5.19. The normalized spacial score (nSPS) is 10.6. The molecule has 2 aromatic carbocycles. The summed E-state index contributed by atoms with van der Waals surface area (Å²) in [7, 11) is 1.49. The van der Waals surface area contributed by atoms with Crippen molar-refractivity contribution in [2.45, 2.75) is 6.42 Å². The molecule has 0 fully saturated rings. The van der Waals surface area contributed by atoms with Gasteiger partial charge in [-0.15, -0.1) is 0 Å². The third-order valence-corrected chi connectivity index (χ3v) is 4.23. The molecule has 6 heteroatoms. The van der Waals surface area contributed by atoms with Crippen molar-refractivity contribution in [1.82, 2.24) is 5.32 Å². The van der Waals surface area contributed by atoms with Gasteiger partial charge in [-0.1, -0.05) is 46.3 Å². The molecule has 0 aliphatic carbocycles. The van der Waals surface area contributed by atoms with Gasteiger partial charge in [0, 0.05) is 16.4 Å². The summed E-state index contributed by atoms with van der Waals surface area (Å²) in [6, 6.07) is 14.8. The topological polar surface area (TPSA) is 68.5 Å². The molecule has 1 heterocycles. The average Bonchev–Trinajstić information content (AvgIpc) is 2.61. The number of benzene rings is 2. The largest absolute Gasteiger partial charge is 0.493 e. The Morgan fingerprint density at radius 2 is 1.96 bits per heavy atom. The minimum Gasteiger partial charge on any atom is -0.493 e. The molecule has 1 amide bonds. The van der Waals surface area contributed by atoms with E-state index in [0.29, 0.717) is 29.7 Å². The van der Waals surface area contributed by atoms with E-state index in [0.717, 1.165) is 10.0 Å². The van der Waals surface area contributed by atoms with E-state index in [1.54, 1.807) is 12.1 Å². The number of fused-ring (bicyclic) bond motifs is 1. The summed E-state index contributed by atoms with van der Waals surface area (Å²) >= 11 is 3.37. The summed E-state index contributed by atoms with van der Waals surface area (Å²) in [6.45, 7) is 0.433. The predicted octanol–water partition coefficient (Wildman–Crippen LogP) is 3.54. The fraction of sp³-hybridized carbons (Fsp3) is 0.158. The molecule has 0 bridgehead atoms. The number of carbonyl (C=O) groups excluding carboxylic acids is 1. The highest BCUT2D eigenvalue weighted by atomic mass is 79.9. The zero-order chi connectivity index (χ0) is 17.8. The molecule has 0 atom stereocenters. The quantitative estimate of drug-likeness (QED) is 0.663. The van der Waals surface area contributed by atoms with Gasteiger partial charge in [-0.05, 0) is 30.2 Å². The minimum absolute atomic E-state index is 0.0271. The lowest BCUT2D eigenvalue weighted by Crippen LogP contribution is -2.29. The van der Waals surface area contributed by atoms with Crippen LogP contribution < -0.4 is 15.7 Å². The van der Waals surface area contributed by atoms with Gasteiger partial charge in [0.15, 0.2) is 11.3 Å². The van der Waals surface area contributed by atoms with E-state index in [-0.39, 0.29) is 5.56 Å². The van der Waals surface area contributed by atoms with Crippen LogP contribution >= 0.6 is 15.9 Å². The van der Waals surface area contributed by atoms with Crippen LogP contribution in [0.25, 0.3) is 11.0 Å². The van der Waals surface area contributed by atoms with Crippen molar-refractivity contribution in [2.24, 2.45) is 0 Å². The number of ether oxygens (including phenoxy) is 1. The van der Waals surface area contributed by atoms with Crippen LogP contribution in [0.4, 0.5) is 0 Å². The van der Waals surface area contributed by atoms with Gasteiger partial charge in [-0.3, -0.25) is 4.79 Å². The average molecular weight is 402 g/mol. The van der Waals surface area contributed by atoms with Gasteiger partial charge in [0.05, 0.1) is 7.11 Å². The summed E-state index contributed by atoms with van der Waals surface area (Å²) in [5, 5.41) is 3.36. The van der Waals surface area contributed by atoms with E-state index < -0.39 is 11.5 Å². The van der Waals surface area contributed by atoms with E-state index in [4.69, 9.17) is 9.15 Å². The zero-order valence-electron chi connectivity index (χ0n) is 13.5. The molecular weight excluding hydrogens is 386 g/mol. The third kappa shape index (κ3) is 3.91. The van der Waals surface area contributed by atoms with Crippen molar-refractivity contribution in [3.05, 3.63) is 74.6 Å². The molecular formula is C19H16BrNO4. The smallest absolute Gasteiger partial charge is 0.349 e. The van der Waals surface area contributed by atoms with Gasteiger partial charge < -0.3 is 14.5 Å². The number of carbonyl (C=O) groups is 1. The fourth-order valence-electron chi connectivity index (χ4n) is 2.54. The number of hydrogen-bond donors (Lipinski definition) is 1. The Morgan fingerprint density at radius 1 is 1.20 bits per heavy atom. The molecule has 0 radical (unpaired) electrons. The summed E-state index contributed by atoms with van der Waals surface area (Å²) in [4.78, 5) is 24.5. The number of halogens is 1. The molecule has 0 unspecified atom stereocenters. The number of nitrogens with one attached hydrogen (secondary N) is 1. The van der Waals surface area contributed by atoms with Gasteiger partial charge >= 0.3 is 5.63 Å². The fourth-order valence-corrected chi connectivity index (χ4v) is 2.99.